The average Bonchev–Trinajstić information content (AvgIpc) is 2.82. The van der Waals surface area contributed by atoms with Gasteiger partial charge in [0.15, 0.2) is 0 Å². The Morgan fingerprint density at radius 1 is 1.03 bits per heavy atom. The van der Waals surface area contributed by atoms with Crippen molar-refractivity contribution in [3.63, 3.8) is 0 Å². The van der Waals surface area contributed by atoms with Crippen molar-refractivity contribution in [3.8, 4) is 5.88 Å². The molecule has 0 spiro atoms. The average molecular weight is 446 g/mol. The third-order valence-corrected chi connectivity index (χ3v) is 7.57. The Kier molecular flexibility index (Phi) is 6.84. The molecule has 0 unspecified atom stereocenters. The highest BCUT2D eigenvalue weighted by Gasteiger charge is 2.27. The van der Waals surface area contributed by atoms with E-state index in [1.54, 1.807) is 18.3 Å². The van der Waals surface area contributed by atoms with Gasteiger partial charge in [-0.2, -0.15) is 4.31 Å². The number of carbonyl (C=O) groups excluding carboxylic acids is 1. The molecule has 2 aliphatic rings. The van der Waals surface area contributed by atoms with Crippen LogP contribution < -0.4 is 10.1 Å². The van der Waals surface area contributed by atoms with Gasteiger partial charge in [-0.3, -0.25) is 4.79 Å². The van der Waals surface area contributed by atoms with Crippen molar-refractivity contribution >= 4 is 15.9 Å². The Morgan fingerprint density at radius 3 is 2.39 bits per heavy atom. The number of pyridine rings is 1. The van der Waals surface area contributed by atoms with Crippen LogP contribution in [0.25, 0.3) is 0 Å². The molecule has 8 nitrogen and oxygen atoms in total. The second-order valence-corrected chi connectivity index (χ2v) is 9.71. The number of hydrogen-bond donors (Lipinski definition) is 1. The Bertz CT molecular complexity index is 968. The maximum Gasteiger partial charge on any atom is 0.251 e. The molecule has 0 radical (unpaired) electrons. The van der Waals surface area contributed by atoms with Gasteiger partial charge in [0.2, 0.25) is 15.9 Å². The normalized spacial score (nSPS) is 22.6. The first-order valence-corrected chi connectivity index (χ1v) is 12.0. The molecule has 1 aliphatic heterocycles. The molecule has 1 N–H and O–H groups in total. The Morgan fingerprint density at radius 2 is 1.74 bits per heavy atom. The number of carbonyl (C=O) groups is 1. The van der Waals surface area contributed by atoms with E-state index >= 15 is 0 Å². The minimum Gasteiger partial charge on any atom is -0.474 e. The highest BCUT2D eigenvalue weighted by Crippen LogP contribution is 2.23. The third kappa shape index (κ3) is 5.41. The molecule has 1 aromatic heterocycles. The van der Waals surface area contributed by atoms with E-state index in [4.69, 9.17) is 9.47 Å². The smallest absolute Gasteiger partial charge is 0.251 e. The van der Waals surface area contributed by atoms with E-state index in [-0.39, 0.29) is 22.9 Å². The predicted molar refractivity (Wildman–Crippen MR) is 114 cm³/mol. The van der Waals surface area contributed by atoms with Crippen LogP contribution in [0.2, 0.25) is 0 Å². The number of aromatic nitrogens is 1. The fourth-order valence-corrected chi connectivity index (χ4v) is 5.30. The number of ether oxygens (including phenoxy) is 2. The molecule has 2 aromatic rings. The summed E-state index contributed by atoms with van der Waals surface area (Å²) in [6.07, 6.45) is 5.15. The van der Waals surface area contributed by atoms with E-state index < -0.39 is 10.0 Å². The molecule has 1 saturated heterocycles. The molecular weight excluding hydrogens is 418 g/mol. The van der Waals surface area contributed by atoms with Gasteiger partial charge in [-0.25, -0.2) is 13.4 Å². The number of rotatable bonds is 6. The number of nitrogens with one attached hydrogen (secondary N) is 1. The molecule has 1 amide bonds. The van der Waals surface area contributed by atoms with E-state index in [0.717, 1.165) is 25.7 Å². The van der Waals surface area contributed by atoms with Crippen LogP contribution in [0.4, 0.5) is 0 Å². The molecule has 166 valence electrons. The zero-order valence-electron chi connectivity index (χ0n) is 17.3. The predicted octanol–water partition coefficient (Wildman–Crippen LogP) is 2.22. The van der Waals surface area contributed by atoms with Gasteiger partial charge in [0, 0.05) is 37.0 Å². The largest absolute Gasteiger partial charge is 0.474 e. The van der Waals surface area contributed by atoms with Gasteiger partial charge < -0.3 is 14.8 Å². The van der Waals surface area contributed by atoms with Crippen molar-refractivity contribution in [2.45, 2.75) is 42.7 Å². The lowest BCUT2D eigenvalue weighted by Crippen LogP contribution is -2.40. The van der Waals surface area contributed by atoms with Gasteiger partial charge in [0.1, 0.15) is 6.10 Å². The topological polar surface area (TPSA) is 97.8 Å². The summed E-state index contributed by atoms with van der Waals surface area (Å²) in [5.74, 6) is 0.437. The summed E-state index contributed by atoms with van der Waals surface area (Å²) >= 11 is 0. The molecule has 1 aliphatic carbocycles. The fraction of sp³-hybridized carbons (Fsp3) is 0.455. The summed E-state index contributed by atoms with van der Waals surface area (Å²) in [4.78, 5) is 17.0. The monoisotopic (exact) mass is 445 g/mol. The number of amides is 1. The standard InChI is InChI=1S/C22H27N3O5S/c26-22(24-18-6-8-19(9-7-18)30-21-3-1-2-12-23-21)17-4-10-20(11-5-17)31(27,28)25-13-15-29-16-14-25/h1-5,10-12,18-19H,6-9,13-16H2,(H,24,26). The first kappa shape index (κ1) is 21.7. The maximum absolute atomic E-state index is 12.7. The van der Waals surface area contributed by atoms with E-state index in [1.807, 2.05) is 18.2 Å². The number of nitrogens with zero attached hydrogens (tertiary/aromatic N) is 2. The molecule has 4 rings (SSSR count). The first-order valence-electron chi connectivity index (χ1n) is 10.6. The highest BCUT2D eigenvalue weighted by atomic mass is 32.2. The van der Waals surface area contributed by atoms with Crippen molar-refractivity contribution in [1.29, 1.82) is 0 Å². The summed E-state index contributed by atoms with van der Waals surface area (Å²) in [7, 11) is -3.56. The van der Waals surface area contributed by atoms with Crippen LogP contribution in [0.1, 0.15) is 36.0 Å². The van der Waals surface area contributed by atoms with Gasteiger partial charge in [-0.15, -0.1) is 0 Å². The Labute approximate surface area is 182 Å². The van der Waals surface area contributed by atoms with Crippen molar-refractivity contribution in [2.24, 2.45) is 0 Å². The Balaban J connectivity index is 1.29. The van der Waals surface area contributed by atoms with Crippen molar-refractivity contribution in [1.82, 2.24) is 14.6 Å². The fourth-order valence-electron chi connectivity index (χ4n) is 3.90. The van der Waals surface area contributed by atoms with Gasteiger partial charge in [0.25, 0.3) is 5.91 Å². The minimum absolute atomic E-state index is 0.0767. The van der Waals surface area contributed by atoms with Crippen LogP contribution in [0.3, 0.4) is 0 Å². The summed E-state index contributed by atoms with van der Waals surface area (Å²) in [5, 5.41) is 3.05. The molecule has 1 aromatic carbocycles. The lowest BCUT2D eigenvalue weighted by Gasteiger charge is -2.29. The number of morpholine rings is 1. The highest BCUT2D eigenvalue weighted by molar-refractivity contribution is 7.89. The molecule has 0 bridgehead atoms. The molecule has 2 fully saturated rings. The number of hydrogen-bond acceptors (Lipinski definition) is 6. The molecule has 0 atom stereocenters. The molecule has 31 heavy (non-hydrogen) atoms. The van der Waals surface area contributed by atoms with Gasteiger partial charge >= 0.3 is 0 Å². The molecular formula is C22H27N3O5S. The second-order valence-electron chi connectivity index (χ2n) is 7.77. The second kappa shape index (κ2) is 9.76. The van der Waals surface area contributed by atoms with E-state index in [9.17, 15) is 13.2 Å². The van der Waals surface area contributed by atoms with E-state index in [1.165, 1.54) is 16.4 Å². The Hall–Kier alpha value is -2.49. The zero-order valence-corrected chi connectivity index (χ0v) is 18.1. The summed E-state index contributed by atoms with van der Waals surface area (Å²) in [6, 6.07) is 11.8. The number of sulfonamides is 1. The summed E-state index contributed by atoms with van der Waals surface area (Å²) in [5.41, 5.74) is 0.452. The summed E-state index contributed by atoms with van der Waals surface area (Å²) < 4.78 is 37.9. The molecule has 2 heterocycles. The van der Waals surface area contributed by atoms with E-state index in [2.05, 4.69) is 10.3 Å². The van der Waals surface area contributed by atoms with Crippen LogP contribution in [-0.2, 0) is 14.8 Å². The third-order valence-electron chi connectivity index (χ3n) is 5.66. The van der Waals surface area contributed by atoms with Crippen LogP contribution in [0.15, 0.2) is 53.6 Å². The SMILES string of the molecule is O=C(NC1CCC(Oc2ccccn2)CC1)c1ccc(S(=O)(=O)N2CCOCC2)cc1. The lowest BCUT2D eigenvalue weighted by molar-refractivity contribution is 0.0730. The first-order chi connectivity index (χ1) is 15.0. The van der Waals surface area contributed by atoms with Gasteiger partial charge in [0.05, 0.1) is 18.1 Å². The van der Waals surface area contributed by atoms with Crippen molar-refractivity contribution in [2.75, 3.05) is 26.3 Å². The zero-order chi connectivity index (χ0) is 21.7. The summed E-state index contributed by atoms with van der Waals surface area (Å²) in [6.45, 7) is 1.48. The van der Waals surface area contributed by atoms with Crippen LogP contribution >= 0.6 is 0 Å². The van der Waals surface area contributed by atoms with Crippen LogP contribution in [-0.4, -0.2) is 62.1 Å². The van der Waals surface area contributed by atoms with Crippen molar-refractivity contribution in [3.05, 3.63) is 54.2 Å². The van der Waals surface area contributed by atoms with Crippen LogP contribution in [0.5, 0.6) is 5.88 Å². The lowest BCUT2D eigenvalue weighted by atomic mass is 9.92. The molecule has 1 saturated carbocycles. The van der Waals surface area contributed by atoms with Gasteiger partial charge in [-0.05, 0) is 56.0 Å². The van der Waals surface area contributed by atoms with Gasteiger partial charge in [-0.1, -0.05) is 6.07 Å². The molecule has 9 heteroatoms. The minimum atomic E-state index is -3.56. The van der Waals surface area contributed by atoms with Crippen LogP contribution in [0, 0.1) is 0 Å². The maximum atomic E-state index is 12.7. The number of benzene rings is 1. The van der Waals surface area contributed by atoms with E-state index in [0.29, 0.717) is 37.7 Å². The van der Waals surface area contributed by atoms with Crippen molar-refractivity contribution < 1.29 is 22.7 Å². The quantitative estimate of drug-likeness (QED) is 0.732.